The molecule has 0 unspecified atom stereocenters. The highest BCUT2D eigenvalue weighted by atomic mass is 35.5. The predicted molar refractivity (Wildman–Crippen MR) is 76.9 cm³/mol. The molecule has 104 valence electrons. The zero-order valence-corrected chi connectivity index (χ0v) is 12.0. The van der Waals surface area contributed by atoms with Crippen LogP contribution in [0.15, 0.2) is 29.0 Å². The van der Waals surface area contributed by atoms with Gasteiger partial charge in [-0.1, -0.05) is 11.2 Å². The van der Waals surface area contributed by atoms with Crippen molar-refractivity contribution in [1.29, 1.82) is 0 Å². The van der Waals surface area contributed by atoms with E-state index in [4.69, 9.17) is 16.1 Å². The summed E-state index contributed by atoms with van der Waals surface area (Å²) in [6, 6.07) is 6.27. The SMILES string of the molecule is Cc1ccc2nc(CCCl)n(CCc3ncno3)c2c1. The van der Waals surface area contributed by atoms with Gasteiger partial charge in [-0.25, -0.2) is 4.98 Å². The third-order valence-electron chi connectivity index (χ3n) is 3.26. The molecule has 1 aromatic carbocycles. The third-order valence-corrected chi connectivity index (χ3v) is 3.45. The molecule has 6 heteroatoms. The van der Waals surface area contributed by atoms with Crippen LogP contribution in [0.25, 0.3) is 11.0 Å². The van der Waals surface area contributed by atoms with E-state index >= 15 is 0 Å². The Morgan fingerprint density at radius 3 is 2.95 bits per heavy atom. The molecule has 0 aliphatic rings. The minimum Gasteiger partial charge on any atom is -0.340 e. The molecule has 0 aliphatic carbocycles. The van der Waals surface area contributed by atoms with Gasteiger partial charge < -0.3 is 9.09 Å². The summed E-state index contributed by atoms with van der Waals surface area (Å²) in [6.07, 6.45) is 2.86. The van der Waals surface area contributed by atoms with Crippen LogP contribution in [0.4, 0.5) is 0 Å². The van der Waals surface area contributed by atoms with Crippen molar-refractivity contribution < 1.29 is 4.52 Å². The van der Waals surface area contributed by atoms with E-state index in [9.17, 15) is 0 Å². The maximum atomic E-state index is 5.87. The molecule has 0 spiro atoms. The quantitative estimate of drug-likeness (QED) is 0.678. The molecule has 2 aromatic heterocycles. The zero-order chi connectivity index (χ0) is 13.9. The average molecular weight is 291 g/mol. The van der Waals surface area contributed by atoms with Crippen LogP contribution in [0.5, 0.6) is 0 Å². The van der Waals surface area contributed by atoms with Gasteiger partial charge in [-0.3, -0.25) is 0 Å². The van der Waals surface area contributed by atoms with Gasteiger partial charge in [0.15, 0.2) is 6.33 Å². The van der Waals surface area contributed by atoms with Crippen LogP contribution in [0.2, 0.25) is 0 Å². The smallest absolute Gasteiger partial charge is 0.228 e. The Hall–Kier alpha value is -1.88. The van der Waals surface area contributed by atoms with Crippen LogP contribution >= 0.6 is 11.6 Å². The van der Waals surface area contributed by atoms with Gasteiger partial charge in [-0.15, -0.1) is 11.6 Å². The number of alkyl halides is 1. The van der Waals surface area contributed by atoms with Crippen LogP contribution in [0, 0.1) is 6.92 Å². The van der Waals surface area contributed by atoms with Gasteiger partial charge in [0.1, 0.15) is 5.82 Å². The van der Waals surface area contributed by atoms with Crippen molar-refractivity contribution in [2.45, 2.75) is 26.3 Å². The van der Waals surface area contributed by atoms with Gasteiger partial charge in [-0.2, -0.15) is 4.98 Å². The Labute approximate surface area is 121 Å². The normalized spacial score (nSPS) is 11.3. The average Bonchev–Trinajstić information content (AvgIpc) is 3.04. The first kappa shape index (κ1) is 13.1. The van der Waals surface area contributed by atoms with Crippen molar-refractivity contribution in [3.05, 3.63) is 41.8 Å². The second kappa shape index (κ2) is 5.63. The van der Waals surface area contributed by atoms with Gasteiger partial charge >= 0.3 is 0 Å². The van der Waals surface area contributed by atoms with Crippen molar-refractivity contribution in [2.24, 2.45) is 0 Å². The Morgan fingerprint density at radius 1 is 1.30 bits per heavy atom. The van der Waals surface area contributed by atoms with E-state index in [1.54, 1.807) is 0 Å². The molecule has 20 heavy (non-hydrogen) atoms. The number of hydrogen-bond donors (Lipinski definition) is 0. The third kappa shape index (κ3) is 2.54. The molecule has 0 saturated carbocycles. The van der Waals surface area contributed by atoms with Crippen LogP contribution in [-0.2, 0) is 19.4 Å². The molecule has 3 rings (SSSR count). The molecule has 0 fully saturated rings. The molecular formula is C14H15ClN4O. The topological polar surface area (TPSA) is 56.7 Å². The summed E-state index contributed by atoms with van der Waals surface area (Å²) in [5, 5.41) is 3.63. The number of hydrogen-bond acceptors (Lipinski definition) is 4. The van der Waals surface area contributed by atoms with E-state index in [1.807, 2.05) is 6.07 Å². The summed E-state index contributed by atoms with van der Waals surface area (Å²) < 4.78 is 7.24. The number of benzene rings is 1. The lowest BCUT2D eigenvalue weighted by molar-refractivity contribution is 0.371. The van der Waals surface area contributed by atoms with E-state index in [0.29, 0.717) is 18.2 Å². The van der Waals surface area contributed by atoms with Gasteiger partial charge in [0.25, 0.3) is 0 Å². The first-order valence-corrected chi connectivity index (χ1v) is 7.08. The highest BCUT2D eigenvalue weighted by molar-refractivity contribution is 6.17. The van der Waals surface area contributed by atoms with Crippen molar-refractivity contribution in [2.75, 3.05) is 5.88 Å². The highest BCUT2D eigenvalue weighted by Crippen LogP contribution is 2.19. The van der Waals surface area contributed by atoms with Gasteiger partial charge in [0.2, 0.25) is 5.89 Å². The van der Waals surface area contributed by atoms with Crippen molar-refractivity contribution in [3.63, 3.8) is 0 Å². The molecule has 0 saturated heterocycles. The van der Waals surface area contributed by atoms with E-state index in [-0.39, 0.29) is 0 Å². The Kier molecular flexibility index (Phi) is 3.69. The first-order valence-electron chi connectivity index (χ1n) is 6.55. The molecule has 0 N–H and O–H groups in total. The lowest BCUT2D eigenvalue weighted by atomic mass is 10.2. The molecule has 0 bridgehead atoms. The number of rotatable bonds is 5. The lowest BCUT2D eigenvalue weighted by Crippen LogP contribution is -2.07. The number of halogens is 1. The molecule has 2 heterocycles. The van der Waals surface area contributed by atoms with Gasteiger partial charge in [-0.05, 0) is 24.6 Å². The summed E-state index contributed by atoms with van der Waals surface area (Å²) in [4.78, 5) is 8.71. The van der Waals surface area contributed by atoms with E-state index in [1.165, 1.54) is 11.9 Å². The summed E-state index contributed by atoms with van der Waals surface area (Å²) in [5.41, 5.74) is 3.35. The molecule has 0 amide bonds. The largest absolute Gasteiger partial charge is 0.340 e. The number of aromatic nitrogens is 4. The standard InChI is InChI=1S/C14H15ClN4O/c1-10-2-3-11-12(8-10)19(13(18-11)4-6-15)7-5-14-16-9-17-20-14/h2-3,8-9H,4-7H2,1H3. The molecule has 0 radical (unpaired) electrons. The van der Waals surface area contributed by atoms with Crippen LogP contribution < -0.4 is 0 Å². The monoisotopic (exact) mass is 290 g/mol. The van der Waals surface area contributed by atoms with E-state index in [2.05, 4.69) is 38.7 Å². The number of nitrogens with zero attached hydrogens (tertiary/aromatic N) is 4. The van der Waals surface area contributed by atoms with Crippen LogP contribution in [-0.4, -0.2) is 25.6 Å². The molecule has 5 nitrogen and oxygen atoms in total. The predicted octanol–water partition coefficient (Wildman–Crippen LogP) is 2.75. The Morgan fingerprint density at radius 2 is 2.20 bits per heavy atom. The fourth-order valence-electron chi connectivity index (χ4n) is 2.32. The molecule has 0 aliphatic heterocycles. The number of fused-ring (bicyclic) bond motifs is 1. The summed E-state index contributed by atoms with van der Waals surface area (Å²) >= 11 is 5.87. The van der Waals surface area contributed by atoms with Crippen molar-refractivity contribution in [1.82, 2.24) is 19.7 Å². The van der Waals surface area contributed by atoms with E-state index < -0.39 is 0 Å². The second-order valence-corrected chi connectivity index (χ2v) is 5.07. The molecule has 3 aromatic rings. The van der Waals surface area contributed by atoms with Crippen LogP contribution in [0.3, 0.4) is 0 Å². The van der Waals surface area contributed by atoms with Crippen molar-refractivity contribution >= 4 is 22.6 Å². The lowest BCUT2D eigenvalue weighted by Gasteiger charge is -2.07. The van der Waals surface area contributed by atoms with E-state index in [0.717, 1.165) is 29.8 Å². The van der Waals surface area contributed by atoms with Gasteiger partial charge in [0, 0.05) is 25.3 Å². The minimum atomic E-state index is 0.558. The second-order valence-electron chi connectivity index (χ2n) is 4.70. The first-order chi connectivity index (χ1) is 9.78. The number of imidazole rings is 1. The number of aryl methyl sites for hydroxylation is 4. The maximum Gasteiger partial charge on any atom is 0.228 e. The summed E-state index contributed by atoms with van der Waals surface area (Å²) in [6.45, 7) is 2.84. The van der Waals surface area contributed by atoms with Crippen LogP contribution in [0.1, 0.15) is 17.3 Å². The summed E-state index contributed by atoms with van der Waals surface area (Å²) in [5.74, 6) is 2.19. The molecule has 0 atom stereocenters. The van der Waals surface area contributed by atoms with Gasteiger partial charge in [0.05, 0.1) is 11.0 Å². The van der Waals surface area contributed by atoms with Crippen molar-refractivity contribution in [3.8, 4) is 0 Å². The zero-order valence-electron chi connectivity index (χ0n) is 11.2. The fraction of sp³-hybridized carbons (Fsp3) is 0.357. The highest BCUT2D eigenvalue weighted by Gasteiger charge is 2.11. The Bertz CT molecular complexity index is 705. The Balaban J connectivity index is 1.96. The summed E-state index contributed by atoms with van der Waals surface area (Å²) in [7, 11) is 0. The fourth-order valence-corrected chi connectivity index (χ4v) is 2.49. The molecular weight excluding hydrogens is 276 g/mol. The minimum absolute atomic E-state index is 0.558. The maximum absolute atomic E-state index is 5.87.